The van der Waals surface area contributed by atoms with Crippen molar-refractivity contribution in [3.8, 4) is 0 Å². The molecule has 0 fully saturated rings. The lowest BCUT2D eigenvalue weighted by atomic mass is 10.2. The van der Waals surface area contributed by atoms with Crippen molar-refractivity contribution in [2.24, 2.45) is 0 Å². The molecule has 1 heterocycles. The summed E-state index contributed by atoms with van der Waals surface area (Å²) in [4.78, 5) is 26.0. The second-order valence-electron chi connectivity index (χ2n) is 3.57. The van der Waals surface area contributed by atoms with Crippen LogP contribution in [0.3, 0.4) is 0 Å². The van der Waals surface area contributed by atoms with Gasteiger partial charge in [-0.1, -0.05) is 18.5 Å². The number of aromatic nitrogens is 1. The van der Waals surface area contributed by atoms with E-state index in [1.807, 2.05) is 6.92 Å². The number of carboxylic acids is 1. The summed E-state index contributed by atoms with van der Waals surface area (Å²) in [5.74, 6) is -1.03. The van der Waals surface area contributed by atoms with Crippen molar-refractivity contribution in [3.63, 3.8) is 0 Å². The average molecular weight is 272 g/mol. The molecule has 0 aliphatic rings. The molecule has 0 radical (unpaired) electrons. The summed E-state index contributed by atoms with van der Waals surface area (Å²) in [5.41, 5.74) is 0.0199. The third-order valence-electron chi connectivity index (χ3n) is 2.04. The number of hydrogen-bond donors (Lipinski definition) is 3. The number of halogens is 1. The number of aromatic carboxylic acids is 1. The Morgan fingerprint density at radius 1 is 1.44 bits per heavy atom. The Morgan fingerprint density at radius 2 is 2.17 bits per heavy atom. The van der Waals surface area contributed by atoms with Crippen LogP contribution in [-0.2, 0) is 4.79 Å². The first kappa shape index (κ1) is 14.2. The Kier molecular flexibility index (Phi) is 5.38. The summed E-state index contributed by atoms with van der Waals surface area (Å²) >= 11 is 5.68. The summed E-state index contributed by atoms with van der Waals surface area (Å²) in [7, 11) is 0. The van der Waals surface area contributed by atoms with Gasteiger partial charge in [0.25, 0.3) is 0 Å². The Balaban J connectivity index is 2.62. The molecule has 1 aromatic heterocycles. The fraction of sp³-hybridized carbons (Fsp3) is 0.364. The normalized spacial score (nSPS) is 9.89. The Hall–Kier alpha value is -1.82. The molecule has 98 valence electrons. The molecule has 0 aliphatic heterocycles. The van der Waals surface area contributed by atoms with Crippen LogP contribution in [0, 0.1) is 0 Å². The topological polar surface area (TPSA) is 91.3 Å². The van der Waals surface area contributed by atoms with E-state index in [9.17, 15) is 9.59 Å². The highest BCUT2D eigenvalue weighted by Crippen LogP contribution is 2.14. The third kappa shape index (κ3) is 4.58. The fourth-order valence-corrected chi connectivity index (χ4v) is 1.42. The second-order valence-corrected chi connectivity index (χ2v) is 3.96. The number of amides is 1. The lowest BCUT2D eigenvalue weighted by molar-refractivity contribution is -0.119. The molecule has 1 rings (SSSR count). The van der Waals surface area contributed by atoms with E-state index in [1.165, 1.54) is 12.1 Å². The van der Waals surface area contributed by atoms with Gasteiger partial charge in [0.15, 0.2) is 0 Å². The Bertz CT molecular complexity index is 451. The van der Waals surface area contributed by atoms with Crippen LogP contribution in [0.5, 0.6) is 0 Å². The van der Waals surface area contributed by atoms with Crippen molar-refractivity contribution < 1.29 is 14.7 Å². The molecule has 6 nitrogen and oxygen atoms in total. The second kappa shape index (κ2) is 6.80. The lowest BCUT2D eigenvalue weighted by Crippen LogP contribution is -2.30. The number of pyridine rings is 1. The van der Waals surface area contributed by atoms with E-state index in [0.29, 0.717) is 6.54 Å². The highest BCUT2D eigenvalue weighted by molar-refractivity contribution is 6.29. The maximum atomic E-state index is 11.3. The van der Waals surface area contributed by atoms with Crippen molar-refractivity contribution in [2.75, 3.05) is 18.4 Å². The minimum Gasteiger partial charge on any atom is -0.478 e. The number of rotatable bonds is 6. The van der Waals surface area contributed by atoms with E-state index in [0.717, 1.165) is 6.42 Å². The molecule has 0 atom stereocenters. The summed E-state index contributed by atoms with van der Waals surface area (Å²) < 4.78 is 0. The molecule has 3 N–H and O–H groups in total. The zero-order valence-electron chi connectivity index (χ0n) is 9.86. The molecule has 0 bridgehead atoms. The van der Waals surface area contributed by atoms with E-state index in [4.69, 9.17) is 16.7 Å². The van der Waals surface area contributed by atoms with Crippen molar-refractivity contribution in [1.29, 1.82) is 0 Å². The van der Waals surface area contributed by atoms with E-state index >= 15 is 0 Å². The van der Waals surface area contributed by atoms with Crippen LogP contribution in [0.2, 0.25) is 5.15 Å². The van der Waals surface area contributed by atoms with Gasteiger partial charge in [-0.25, -0.2) is 9.78 Å². The monoisotopic (exact) mass is 271 g/mol. The van der Waals surface area contributed by atoms with Crippen molar-refractivity contribution >= 4 is 29.3 Å². The maximum absolute atomic E-state index is 11.3. The largest absolute Gasteiger partial charge is 0.478 e. The summed E-state index contributed by atoms with van der Waals surface area (Å²) in [6.45, 7) is 2.57. The molecular weight excluding hydrogens is 258 g/mol. The quantitative estimate of drug-likeness (QED) is 0.680. The zero-order valence-corrected chi connectivity index (χ0v) is 10.6. The van der Waals surface area contributed by atoms with Gasteiger partial charge in [0.1, 0.15) is 11.0 Å². The van der Waals surface area contributed by atoms with E-state index in [1.54, 1.807) is 0 Å². The first-order valence-corrected chi connectivity index (χ1v) is 5.82. The van der Waals surface area contributed by atoms with Gasteiger partial charge in [0.2, 0.25) is 5.91 Å². The molecule has 7 heteroatoms. The lowest BCUT2D eigenvalue weighted by Gasteiger charge is -2.07. The minimum absolute atomic E-state index is 0.0199. The maximum Gasteiger partial charge on any atom is 0.335 e. The van der Waals surface area contributed by atoms with Crippen LogP contribution in [0.1, 0.15) is 23.7 Å². The summed E-state index contributed by atoms with van der Waals surface area (Å²) in [5, 5.41) is 14.3. The van der Waals surface area contributed by atoms with Crippen molar-refractivity contribution in [2.45, 2.75) is 13.3 Å². The molecular formula is C11H14ClN3O3. The molecule has 0 aromatic carbocycles. The van der Waals surface area contributed by atoms with Gasteiger partial charge in [-0.15, -0.1) is 0 Å². The van der Waals surface area contributed by atoms with Crippen molar-refractivity contribution in [1.82, 2.24) is 10.3 Å². The van der Waals surface area contributed by atoms with Gasteiger partial charge in [-0.2, -0.15) is 0 Å². The molecule has 0 saturated carbocycles. The standard InChI is InChI=1S/C11H14ClN3O3/c1-2-3-13-10(16)6-14-9-5-7(11(17)18)4-8(12)15-9/h4-5H,2-3,6H2,1H3,(H,13,16)(H,14,15)(H,17,18). The Labute approximate surface area is 109 Å². The molecule has 1 aromatic rings. The smallest absolute Gasteiger partial charge is 0.335 e. The summed E-state index contributed by atoms with van der Waals surface area (Å²) in [6.07, 6.45) is 0.852. The van der Waals surface area contributed by atoms with Crippen LogP contribution < -0.4 is 10.6 Å². The Morgan fingerprint density at radius 3 is 2.78 bits per heavy atom. The first-order chi connectivity index (χ1) is 8.52. The van der Waals surface area contributed by atoms with Crippen LogP contribution in [0.4, 0.5) is 5.82 Å². The fourth-order valence-electron chi connectivity index (χ4n) is 1.21. The van der Waals surface area contributed by atoms with E-state index in [2.05, 4.69) is 15.6 Å². The minimum atomic E-state index is -1.10. The van der Waals surface area contributed by atoms with Crippen LogP contribution in [-0.4, -0.2) is 35.1 Å². The van der Waals surface area contributed by atoms with Crippen LogP contribution in [0.25, 0.3) is 0 Å². The molecule has 18 heavy (non-hydrogen) atoms. The van der Waals surface area contributed by atoms with Gasteiger partial charge in [-0.3, -0.25) is 4.79 Å². The van der Waals surface area contributed by atoms with Gasteiger partial charge < -0.3 is 15.7 Å². The van der Waals surface area contributed by atoms with Crippen LogP contribution in [0.15, 0.2) is 12.1 Å². The predicted octanol–water partition coefficient (Wildman–Crippen LogP) is 1.37. The number of nitrogens with one attached hydrogen (secondary N) is 2. The van der Waals surface area contributed by atoms with Gasteiger partial charge in [0.05, 0.1) is 12.1 Å². The predicted molar refractivity (Wildman–Crippen MR) is 68.0 cm³/mol. The number of carbonyl (C=O) groups excluding carboxylic acids is 1. The van der Waals surface area contributed by atoms with Gasteiger partial charge in [0, 0.05) is 6.54 Å². The van der Waals surface area contributed by atoms with E-state index in [-0.39, 0.29) is 29.0 Å². The highest BCUT2D eigenvalue weighted by atomic mass is 35.5. The number of carbonyl (C=O) groups is 2. The molecule has 0 spiro atoms. The van der Waals surface area contributed by atoms with Gasteiger partial charge in [-0.05, 0) is 18.6 Å². The molecule has 0 saturated heterocycles. The van der Waals surface area contributed by atoms with Crippen LogP contribution >= 0.6 is 11.6 Å². The number of anilines is 1. The van der Waals surface area contributed by atoms with E-state index < -0.39 is 5.97 Å². The zero-order chi connectivity index (χ0) is 13.5. The SMILES string of the molecule is CCCNC(=O)CNc1cc(C(=O)O)cc(Cl)n1. The number of carboxylic acid groups (broad SMARTS) is 1. The number of hydrogen-bond acceptors (Lipinski definition) is 4. The molecule has 0 aliphatic carbocycles. The average Bonchev–Trinajstić information content (AvgIpc) is 2.33. The summed E-state index contributed by atoms with van der Waals surface area (Å²) in [6, 6.07) is 2.56. The highest BCUT2D eigenvalue weighted by Gasteiger charge is 2.08. The van der Waals surface area contributed by atoms with Crippen molar-refractivity contribution in [3.05, 3.63) is 22.8 Å². The number of nitrogens with zero attached hydrogens (tertiary/aromatic N) is 1. The van der Waals surface area contributed by atoms with Gasteiger partial charge >= 0.3 is 5.97 Å². The molecule has 1 amide bonds. The third-order valence-corrected chi connectivity index (χ3v) is 2.24. The molecule has 0 unspecified atom stereocenters. The first-order valence-electron chi connectivity index (χ1n) is 5.44.